The van der Waals surface area contributed by atoms with Crippen molar-refractivity contribution in [2.45, 2.75) is 11.3 Å². The summed E-state index contributed by atoms with van der Waals surface area (Å²) in [6, 6.07) is 5.81. The number of carboxylic acids is 1. The van der Waals surface area contributed by atoms with E-state index in [9.17, 15) is 13.2 Å². The van der Waals surface area contributed by atoms with Crippen molar-refractivity contribution in [3.8, 4) is 0 Å². The molecule has 92 valence electrons. The Hall–Kier alpha value is -1.14. The Morgan fingerprint density at radius 3 is 2.24 bits per heavy atom. The maximum atomic E-state index is 11.8. The first-order valence-electron chi connectivity index (χ1n) is 4.68. The summed E-state index contributed by atoms with van der Waals surface area (Å²) in [4.78, 5) is 10.6. The fourth-order valence-electron chi connectivity index (χ4n) is 1.28. The van der Waals surface area contributed by atoms with Gasteiger partial charge >= 0.3 is 5.97 Å². The zero-order valence-corrected chi connectivity index (χ0v) is 11.3. The SMILES string of the molecule is C=C(Br)CS(=O)(=O)c1ccc(CC(=O)O)cc1. The molecule has 0 aliphatic heterocycles. The minimum Gasteiger partial charge on any atom is -0.481 e. The average molecular weight is 319 g/mol. The summed E-state index contributed by atoms with van der Waals surface area (Å²) in [5.41, 5.74) is 0.564. The minimum absolute atomic E-state index is 0.120. The quantitative estimate of drug-likeness (QED) is 0.901. The molecular weight excluding hydrogens is 308 g/mol. The van der Waals surface area contributed by atoms with E-state index < -0.39 is 15.8 Å². The molecule has 1 aromatic carbocycles. The van der Waals surface area contributed by atoms with Crippen molar-refractivity contribution in [2.75, 3.05) is 5.75 Å². The summed E-state index contributed by atoms with van der Waals surface area (Å²) in [6.07, 6.45) is -0.120. The van der Waals surface area contributed by atoms with Gasteiger partial charge in [-0.25, -0.2) is 8.42 Å². The lowest BCUT2D eigenvalue weighted by molar-refractivity contribution is -0.136. The molecule has 0 bridgehead atoms. The third-order valence-corrected chi connectivity index (χ3v) is 4.35. The summed E-state index contributed by atoms with van der Waals surface area (Å²) in [5, 5.41) is 8.58. The van der Waals surface area contributed by atoms with E-state index in [1.54, 1.807) is 0 Å². The fourth-order valence-corrected chi connectivity index (χ4v) is 3.31. The van der Waals surface area contributed by atoms with E-state index >= 15 is 0 Å². The minimum atomic E-state index is -3.40. The highest BCUT2D eigenvalue weighted by molar-refractivity contribution is 9.11. The number of carboxylic acid groups (broad SMARTS) is 1. The molecule has 0 aliphatic carbocycles. The third kappa shape index (κ3) is 4.32. The second kappa shape index (κ2) is 5.46. The van der Waals surface area contributed by atoms with Crippen molar-refractivity contribution in [1.29, 1.82) is 0 Å². The van der Waals surface area contributed by atoms with Crippen molar-refractivity contribution in [3.05, 3.63) is 40.9 Å². The molecule has 0 fully saturated rings. The van der Waals surface area contributed by atoms with E-state index in [0.29, 0.717) is 10.0 Å². The highest BCUT2D eigenvalue weighted by Gasteiger charge is 2.15. The molecule has 0 unspecified atom stereocenters. The fraction of sp³-hybridized carbons (Fsp3) is 0.182. The van der Waals surface area contributed by atoms with Gasteiger partial charge in [-0.15, -0.1) is 0 Å². The number of halogens is 1. The highest BCUT2D eigenvalue weighted by atomic mass is 79.9. The molecule has 1 rings (SSSR count). The predicted octanol–water partition coefficient (Wildman–Crippen LogP) is 2.00. The summed E-state index contributed by atoms with van der Waals surface area (Å²) in [6.45, 7) is 3.48. The van der Waals surface area contributed by atoms with Crippen molar-refractivity contribution in [3.63, 3.8) is 0 Å². The largest absolute Gasteiger partial charge is 0.481 e. The van der Waals surface area contributed by atoms with Crippen LogP contribution in [-0.2, 0) is 21.1 Å². The average Bonchev–Trinajstić information content (AvgIpc) is 2.15. The van der Waals surface area contributed by atoms with E-state index in [4.69, 9.17) is 5.11 Å². The number of hydrogen-bond donors (Lipinski definition) is 1. The standard InChI is InChI=1S/C11H11BrO4S/c1-8(12)7-17(15,16)10-4-2-9(3-5-10)6-11(13)14/h2-5H,1,6-7H2,(H,13,14). The van der Waals surface area contributed by atoms with Gasteiger partial charge in [0.25, 0.3) is 0 Å². The Morgan fingerprint density at radius 2 is 1.82 bits per heavy atom. The molecule has 17 heavy (non-hydrogen) atoms. The summed E-state index contributed by atoms with van der Waals surface area (Å²) < 4.78 is 23.9. The van der Waals surface area contributed by atoms with Gasteiger partial charge < -0.3 is 5.11 Å². The van der Waals surface area contributed by atoms with Crippen LogP contribution in [0.1, 0.15) is 5.56 Å². The number of carbonyl (C=O) groups is 1. The Balaban J connectivity index is 2.94. The topological polar surface area (TPSA) is 71.4 Å². The van der Waals surface area contributed by atoms with E-state index in [1.807, 2.05) is 0 Å². The number of sulfone groups is 1. The zero-order valence-electron chi connectivity index (χ0n) is 8.89. The lowest BCUT2D eigenvalue weighted by Gasteiger charge is -2.04. The van der Waals surface area contributed by atoms with Crippen LogP contribution in [0.3, 0.4) is 0 Å². The van der Waals surface area contributed by atoms with Crippen LogP contribution in [0.5, 0.6) is 0 Å². The molecule has 0 saturated carbocycles. The van der Waals surface area contributed by atoms with Crippen LogP contribution >= 0.6 is 15.9 Å². The molecule has 0 aliphatic rings. The molecule has 4 nitrogen and oxygen atoms in total. The van der Waals surface area contributed by atoms with E-state index in [1.165, 1.54) is 24.3 Å². The lowest BCUT2D eigenvalue weighted by atomic mass is 10.2. The Bertz CT molecular complexity index is 531. The summed E-state index contributed by atoms with van der Waals surface area (Å²) in [7, 11) is -3.40. The second-order valence-corrected chi connectivity index (χ2v) is 6.60. The van der Waals surface area contributed by atoms with E-state index in [-0.39, 0.29) is 17.1 Å². The summed E-state index contributed by atoms with van der Waals surface area (Å²) in [5.74, 6) is -1.12. The van der Waals surface area contributed by atoms with Crippen molar-refractivity contribution >= 4 is 31.7 Å². The van der Waals surface area contributed by atoms with Crippen molar-refractivity contribution < 1.29 is 18.3 Å². The molecule has 6 heteroatoms. The highest BCUT2D eigenvalue weighted by Crippen LogP contribution is 2.16. The first-order valence-corrected chi connectivity index (χ1v) is 7.12. The first-order chi connectivity index (χ1) is 7.81. The third-order valence-electron chi connectivity index (χ3n) is 1.98. The van der Waals surface area contributed by atoms with Crippen LogP contribution in [0.25, 0.3) is 0 Å². The molecular formula is C11H11BrO4S. The van der Waals surface area contributed by atoms with Crippen LogP contribution in [0.15, 0.2) is 40.2 Å². The van der Waals surface area contributed by atoms with Gasteiger partial charge in [0.2, 0.25) is 0 Å². The second-order valence-electron chi connectivity index (χ2n) is 3.49. The van der Waals surface area contributed by atoms with Gasteiger partial charge in [0.15, 0.2) is 9.84 Å². The van der Waals surface area contributed by atoms with E-state index in [2.05, 4.69) is 22.5 Å². The van der Waals surface area contributed by atoms with E-state index in [0.717, 1.165) is 0 Å². The maximum absolute atomic E-state index is 11.8. The predicted molar refractivity (Wildman–Crippen MR) is 67.9 cm³/mol. The van der Waals surface area contributed by atoms with Gasteiger partial charge in [-0.2, -0.15) is 0 Å². The lowest BCUT2D eigenvalue weighted by Crippen LogP contribution is -2.07. The Labute approximate surface area is 108 Å². The van der Waals surface area contributed by atoms with Gasteiger partial charge in [-0.05, 0) is 17.7 Å². The number of rotatable bonds is 5. The molecule has 1 aromatic rings. The number of hydrogen-bond acceptors (Lipinski definition) is 3. The van der Waals surface area contributed by atoms with Crippen molar-refractivity contribution in [2.24, 2.45) is 0 Å². The van der Waals surface area contributed by atoms with Crippen LogP contribution in [-0.4, -0.2) is 25.2 Å². The van der Waals surface area contributed by atoms with Gasteiger partial charge in [-0.1, -0.05) is 34.6 Å². The molecule has 0 radical (unpaired) electrons. The molecule has 0 saturated heterocycles. The summed E-state index contributed by atoms with van der Waals surface area (Å²) >= 11 is 3.00. The van der Waals surface area contributed by atoms with Crippen LogP contribution in [0, 0.1) is 0 Å². The molecule has 0 aromatic heterocycles. The van der Waals surface area contributed by atoms with Crippen molar-refractivity contribution in [1.82, 2.24) is 0 Å². The van der Waals surface area contributed by atoms with Gasteiger partial charge in [-0.3, -0.25) is 4.79 Å². The van der Waals surface area contributed by atoms with Gasteiger partial charge in [0.05, 0.1) is 17.1 Å². The molecule has 0 amide bonds. The number of aliphatic carboxylic acids is 1. The van der Waals surface area contributed by atoms with Crippen LogP contribution in [0.4, 0.5) is 0 Å². The Morgan fingerprint density at radius 1 is 1.29 bits per heavy atom. The molecule has 0 spiro atoms. The van der Waals surface area contributed by atoms with Gasteiger partial charge in [0, 0.05) is 4.48 Å². The van der Waals surface area contributed by atoms with Crippen LogP contribution in [0.2, 0.25) is 0 Å². The monoisotopic (exact) mass is 318 g/mol. The molecule has 0 heterocycles. The maximum Gasteiger partial charge on any atom is 0.307 e. The van der Waals surface area contributed by atoms with Gasteiger partial charge in [0.1, 0.15) is 0 Å². The van der Waals surface area contributed by atoms with Crippen LogP contribution < -0.4 is 0 Å². The Kier molecular flexibility index (Phi) is 4.47. The molecule has 0 atom stereocenters. The first kappa shape index (κ1) is 13.9. The number of benzene rings is 1. The molecule has 1 N–H and O–H groups in total. The zero-order chi connectivity index (χ0) is 13.1. The smallest absolute Gasteiger partial charge is 0.307 e. The normalized spacial score (nSPS) is 11.1.